The highest BCUT2D eigenvalue weighted by Gasteiger charge is 1.94. The topological polar surface area (TPSA) is 52.5 Å². The molecule has 0 aliphatic rings. The van der Waals surface area contributed by atoms with Crippen LogP contribution in [0.5, 0.6) is 0 Å². The van der Waals surface area contributed by atoms with Crippen LogP contribution >= 0.6 is 0 Å². The van der Waals surface area contributed by atoms with Crippen molar-refractivity contribution < 1.29 is 0 Å². The van der Waals surface area contributed by atoms with Gasteiger partial charge in [-0.25, -0.2) is 4.98 Å². The predicted octanol–water partition coefficient (Wildman–Crippen LogP) is 0.243. The Labute approximate surface area is 76.7 Å². The van der Waals surface area contributed by atoms with Gasteiger partial charge in [0.15, 0.2) is 0 Å². The molecular formula is C10H11N3. The van der Waals surface area contributed by atoms with Crippen molar-refractivity contribution >= 4 is 12.7 Å². The smallest absolute Gasteiger partial charge is 0.121 e. The van der Waals surface area contributed by atoms with Crippen LogP contribution in [0.3, 0.4) is 0 Å². The Bertz CT molecular complexity index is 445. The molecule has 0 unspecified atom stereocenters. The normalized spacial score (nSPS) is 12.2. The third-order valence-electron chi connectivity index (χ3n) is 1.55. The summed E-state index contributed by atoms with van der Waals surface area (Å²) in [5.74, 6) is 0.670. The first-order valence-electron chi connectivity index (χ1n) is 4.01. The fourth-order valence-electron chi connectivity index (χ4n) is 0.963. The Hall–Kier alpha value is -1.82. The number of imidazole rings is 1. The van der Waals surface area contributed by atoms with E-state index in [0.29, 0.717) is 12.2 Å². The highest BCUT2D eigenvalue weighted by atomic mass is 14.9. The Balaban J connectivity index is 3.12. The first kappa shape index (κ1) is 9.27. The van der Waals surface area contributed by atoms with E-state index in [1.807, 2.05) is 31.2 Å². The number of hydrogen-bond donors (Lipinski definition) is 1. The minimum atomic E-state index is 0.298. The molecule has 0 aromatic carbocycles. The molecule has 1 aromatic heterocycles. The summed E-state index contributed by atoms with van der Waals surface area (Å²) in [5.41, 5.74) is 0. The largest absolute Gasteiger partial charge is 0.342 e. The van der Waals surface area contributed by atoms with Crippen molar-refractivity contribution in [1.29, 1.82) is 5.26 Å². The van der Waals surface area contributed by atoms with Gasteiger partial charge in [-0.05, 0) is 13.0 Å². The van der Waals surface area contributed by atoms with Crippen LogP contribution in [0.4, 0.5) is 0 Å². The monoisotopic (exact) mass is 173 g/mol. The number of H-pyrrole nitrogens is 1. The average Bonchev–Trinajstić information content (AvgIpc) is 2.44. The van der Waals surface area contributed by atoms with Crippen molar-refractivity contribution in [1.82, 2.24) is 9.97 Å². The van der Waals surface area contributed by atoms with Crippen molar-refractivity contribution in [2.75, 3.05) is 0 Å². The summed E-state index contributed by atoms with van der Waals surface area (Å²) < 4.78 is 0. The zero-order chi connectivity index (χ0) is 9.68. The zero-order valence-electron chi connectivity index (χ0n) is 7.54. The summed E-state index contributed by atoms with van der Waals surface area (Å²) in [6.07, 6.45) is 5.96. The van der Waals surface area contributed by atoms with Gasteiger partial charge in [-0.3, -0.25) is 0 Å². The van der Waals surface area contributed by atoms with Crippen LogP contribution in [0.15, 0.2) is 12.2 Å². The van der Waals surface area contributed by atoms with Gasteiger partial charge in [0.05, 0.1) is 23.2 Å². The molecule has 13 heavy (non-hydrogen) atoms. The molecular weight excluding hydrogens is 162 g/mol. The lowest BCUT2D eigenvalue weighted by molar-refractivity contribution is 1.05. The quantitative estimate of drug-likeness (QED) is 0.696. The molecule has 0 aliphatic heterocycles. The summed E-state index contributed by atoms with van der Waals surface area (Å²) in [6.45, 7) is 5.72. The van der Waals surface area contributed by atoms with E-state index < -0.39 is 0 Å². The maximum atomic E-state index is 8.44. The number of aromatic nitrogens is 2. The summed E-state index contributed by atoms with van der Waals surface area (Å²) >= 11 is 0. The second-order valence-corrected chi connectivity index (χ2v) is 2.57. The number of rotatable bonds is 2. The standard InChI is InChI=1S/C10H11N3/c1-3-4-5-9-8(2)12-10(13-9)6-7-11/h3-5H,2,6H2,1H3,(H,12,13)/b4-3-,9-5+. The lowest BCUT2D eigenvalue weighted by Gasteiger charge is -1.78. The highest BCUT2D eigenvalue weighted by Crippen LogP contribution is 1.80. The summed E-state index contributed by atoms with van der Waals surface area (Å²) in [4.78, 5) is 7.13. The maximum Gasteiger partial charge on any atom is 0.121 e. The highest BCUT2D eigenvalue weighted by molar-refractivity contribution is 5.34. The third kappa shape index (κ3) is 2.31. The molecule has 1 N–H and O–H groups in total. The van der Waals surface area contributed by atoms with Crippen LogP contribution in [0, 0.1) is 11.3 Å². The molecule has 0 spiro atoms. The van der Waals surface area contributed by atoms with Crippen LogP contribution in [0.2, 0.25) is 0 Å². The first-order valence-corrected chi connectivity index (χ1v) is 4.01. The zero-order valence-corrected chi connectivity index (χ0v) is 7.54. The Kier molecular flexibility index (Phi) is 3.04. The number of nitriles is 1. The van der Waals surface area contributed by atoms with Gasteiger partial charge in [0.1, 0.15) is 5.82 Å². The third-order valence-corrected chi connectivity index (χ3v) is 1.55. The molecule has 0 saturated heterocycles. The van der Waals surface area contributed by atoms with E-state index in [1.54, 1.807) is 0 Å². The molecule has 1 rings (SSSR count). The van der Waals surface area contributed by atoms with Gasteiger partial charge < -0.3 is 4.98 Å². The SMILES string of the molecule is C=c1[nH]c(CC#N)n/c1=C/C=C\C. The Morgan fingerprint density at radius 2 is 2.46 bits per heavy atom. The number of nitrogens with one attached hydrogen (secondary N) is 1. The Morgan fingerprint density at radius 3 is 3.08 bits per heavy atom. The molecule has 3 nitrogen and oxygen atoms in total. The Morgan fingerprint density at radius 1 is 1.69 bits per heavy atom. The second kappa shape index (κ2) is 4.27. The molecule has 0 aliphatic carbocycles. The van der Waals surface area contributed by atoms with Gasteiger partial charge in [0.2, 0.25) is 0 Å². The first-order chi connectivity index (χ1) is 6.27. The lowest BCUT2D eigenvalue weighted by atomic mass is 10.4. The van der Waals surface area contributed by atoms with E-state index in [9.17, 15) is 0 Å². The molecule has 0 atom stereocenters. The van der Waals surface area contributed by atoms with Crippen LogP contribution < -0.4 is 10.7 Å². The fraction of sp³-hybridized carbons (Fsp3) is 0.200. The average molecular weight is 173 g/mol. The number of hydrogen-bond acceptors (Lipinski definition) is 2. The molecule has 0 radical (unpaired) electrons. The minimum absolute atomic E-state index is 0.298. The van der Waals surface area contributed by atoms with Crippen molar-refractivity contribution in [2.24, 2.45) is 0 Å². The molecule has 0 saturated carbocycles. The van der Waals surface area contributed by atoms with Gasteiger partial charge in [-0.1, -0.05) is 18.7 Å². The number of allylic oxidation sites excluding steroid dienone is 2. The molecule has 1 heterocycles. The summed E-state index contributed by atoms with van der Waals surface area (Å²) in [6, 6.07) is 2.03. The van der Waals surface area contributed by atoms with Crippen molar-refractivity contribution in [3.63, 3.8) is 0 Å². The van der Waals surface area contributed by atoms with E-state index in [0.717, 1.165) is 10.7 Å². The van der Waals surface area contributed by atoms with Gasteiger partial charge in [0, 0.05) is 0 Å². The minimum Gasteiger partial charge on any atom is -0.342 e. The van der Waals surface area contributed by atoms with Crippen molar-refractivity contribution in [3.8, 4) is 6.07 Å². The molecule has 1 aromatic rings. The second-order valence-electron chi connectivity index (χ2n) is 2.57. The van der Waals surface area contributed by atoms with Crippen molar-refractivity contribution in [2.45, 2.75) is 13.3 Å². The number of nitrogens with zero attached hydrogens (tertiary/aromatic N) is 2. The molecule has 3 heteroatoms. The molecule has 0 bridgehead atoms. The van der Waals surface area contributed by atoms with E-state index >= 15 is 0 Å². The predicted molar refractivity (Wildman–Crippen MR) is 52.0 cm³/mol. The van der Waals surface area contributed by atoms with E-state index in [4.69, 9.17) is 5.26 Å². The van der Waals surface area contributed by atoms with Gasteiger partial charge in [0.25, 0.3) is 0 Å². The number of aromatic amines is 1. The van der Waals surface area contributed by atoms with Crippen LogP contribution in [0.25, 0.3) is 12.7 Å². The molecule has 0 amide bonds. The van der Waals surface area contributed by atoms with Crippen LogP contribution in [-0.2, 0) is 6.42 Å². The molecule has 66 valence electrons. The van der Waals surface area contributed by atoms with Gasteiger partial charge in [-0.2, -0.15) is 5.26 Å². The lowest BCUT2D eigenvalue weighted by Crippen LogP contribution is -2.21. The summed E-state index contributed by atoms with van der Waals surface area (Å²) in [7, 11) is 0. The van der Waals surface area contributed by atoms with Gasteiger partial charge in [-0.15, -0.1) is 0 Å². The molecule has 0 fully saturated rings. The van der Waals surface area contributed by atoms with E-state index in [2.05, 4.69) is 16.5 Å². The van der Waals surface area contributed by atoms with Crippen LogP contribution in [-0.4, -0.2) is 9.97 Å². The van der Waals surface area contributed by atoms with E-state index in [-0.39, 0.29) is 0 Å². The summed E-state index contributed by atoms with van der Waals surface area (Å²) in [5, 5.41) is 9.99. The van der Waals surface area contributed by atoms with E-state index in [1.165, 1.54) is 0 Å². The van der Waals surface area contributed by atoms with Crippen molar-refractivity contribution in [3.05, 3.63) is 28.7 Å². The fourth-order valence-corrected chi connectivity index (χ4v) is 0.963. The van der Waals surface area contributed by atoms with Gasteiger partial charge >= 0.3 is 0 Å². The van der Waals surface area contributed by atoms with Crippen LogP contribution in [0.1, 0.15) is 12.7 Å². The maximum absolute atomic E-state index is 8.44.